The lowest BCUT2D eigenvalue weighted by Gasteiger charge is -2.05. The quantitative estimate of drug-likeness (QED) is 0.861. The minimum atomic E-state index is -0.339. The van der Waals surface area contributed by atoms with E-state index in [0.29, 0.717) is 31.3 Å². The summed E-state index contributed by atoms with van der Waals surface area (Å²) in [4.78, 5) is 4.32. The van der Waals surface area contributed by atoms with Gasteiger partial charge in [-0.15, -0.1) is 0 Å². The highest BCUT2D eigenvalue weighted by atomic mass is 16.5. The SMILES string of the molecule is CCOCC(N)c1noc(Cc2ccccc2C)n1. The Morgan fingerprint density at radius 3 is 2.89 bits per heavy atom. The van der Waals surface area contributed by atoms with Gasteiger partial charge in [0.05, 0.1) is 19.1 Å². The Morgan fingerprint density at radius 2 is 2.16 bits per heavy atom. The normalized spacial score (nSPS) is 12.6. The zero-order chi connectivity index (χ0) is 13.7. The fourth-order valence-corrected chi connectivity index (χ4v) is 1.78. The van der Waals surface area contributed by atoms with E-state index in [1.165, 1.54) is 11.1 Å². The molecule has 1 unspecified atom stereocenters. The molecule has 0 aliphatic carbocycles. The van der Waals surface area contributed by atoms with Crippen LogP contribution in [0, 0.1) is 6.92 Å². The zero-order valence-electron chi connectivity index (χ0n) is 11.3. The molecule has 0 aliphatic heterocycles. The van der Waals surface area contributed by atoms with Gasteiger partial charge in [0.25, 0.3) is 0 Å². The predicted molar refractivity (Wildman–Crippen MR) is 71.7 cm³/mol. The summed E-state index contributed by atoms with van der Waals surface area (Å²) in [6, 6.07) is 7.79. The van der Waals surface area contributed by atoms with E-state index < -0.39 is 0 Å². The lowest BCUT2D eigenvalue weighted by molar-refractivity contribution is 0.130. The number of aryl methyl sites for hydroxylation is 1. The molecule has 0 saturated heterocycles. The van der Waals surface area contributed by atoms with E-state index in [2.05, 4.69) is 29.2 Å². The van der Waals surface area contributed by atoms with Crippen LogP contribution in [0.15, 0.2) is 28.8 Å². The van der Waals surface area contributed by atoms with Gasteiger partial charge in [-0.2, -0.15) is 4.98 Å². The molecule has 1 aromatic heterocycles. The molecule has 0 bridgehead atoms. The summed E-state index contributed by atoms with van der Waals surface area (Å²) < 4.78 is 10.5. The van der Waals surface area contributed by atoms with Crippen LogP contribution in [0.5, 0.6) is 0 Å². The summed E-state index contributed by atoms with van der Waals surface area (Å²) in [5.74, 6) is 1.08. The minimum Gasteiger partial charge on any atom is -0.380 e. The Hall–Kier alpha value is -1.72. The molecule has 2 rings (SSSR count). The summed E-state index contributed by atoms with van der Waals surface area (Å²) in [5, 5.41) is 3.90. The van der Waals surface area contributed by atoms with Gasteiger partial charge >= 0.3 is 0 Å². The molecule has 0 amide bonds. The molecule has 0 spiro atoms. The number of nitrogens with zero attached hydrogens (tertiary/aromatic N) is 2. The van der Waals surface area contributed by atoms with Crippen LogP contribution in [0.4, 0.5) is 0 Å². The molecule has 2 aromatic rings. The third-order valence-corrected chi connectivity index (χ3v) is 2.92. The van der Waals surface area contributed by atoms with Gasteiger partial charge < -0.3 is 15.0 Å². The Bertz CT molecular complexity index is 525. The van der Waals surface area contributed by atoms with Gasteiger partial charge in [0.15, 0.2) is 5.82 Å². The second-order valence-corrected chi connectivity index (χ2v) is 4.42. The van der Waals surface area contributed by atoms with Crippen molar-refractivity contribution in [1.82, 2.24) is 10.1 Å². The molecule has 0 fully saturated rings. The second kappa shape index (κ2) is 6.45. The van der Waals surface area contributed by atoms with E-state index in [1.54, 1.807) is 0 Å². The van der Waals surface area contributed by atoms with E-state index in [0.717, 1.165) is 0 Å². The van der Waals surface area contributed by atoms with Crippen LogP contribution in [0.3, 0.4) is 0 Å². The predicted octanol–water partition coefficient (Wildman–Crippen LogP) is 2.01. The lowest BCUT2D eigenvalue weighted by atomic mass is 10.1. The Morgan fingerprint density at radius 1 is 1.37 bits per heavy atom. The fourth-order valence-electron chi connectivity index (χ4n) is 1.78. The van der Waals surface area contributed by atoms with Crippen LogP contribution in [-0.2, 0) is 11.2 Å². The first-order valence-electron chi connectivity index (χ1n) is 6.41. The van der Waals surface area contributed by atoms with E-state index in [-0.39, 0.29) is 6.04 Å². The van der Waals surface area contributed by atoms with E-state index in [1.807, 2.05) is 19.1 Å². The van der Waals surface area contributed by atoms with Crippen LogP contribution in [0.2, 0.25) is 0 Å². The first-order valence-corrected chi connectivity index (χ1v) is 6.41. The first-order chi connectivity index (χ1) is 9.20. The van der Waals surface area contributed by atoms with Gasteiger partial charge in [-0.25, -0.2) is 0 Å². The molecule has 1 heterocycles. The fraction of sp³-hybridized carbons (Fsp3) is 0.429. The molecule has 5 nitrogen and oxygen atoms in total. The monoisotopic (exact) mass is 261 g/mol. The average Bonchev–Trinajstić information content (AvgIpc) is 2.87. The van der Waals surface area contributed by atoms with Gasteiger partial charge in [-0.1, -0.05) is 29.4 Å². The minimum absolute atomic E-state index is 0.339. The molecule has 1 atom stereocenters. The lowest BCUT2D eigenvalue weighted by Crippen LogP contribution is -2.18. The van der Waals surface area contributed by atoms with Crippen molar-refractivity contribution in [1.29, 1.82) is 0 Å². The Kier molecular flexibility index (Phi) is 4.65. The topological polar surface area (TPSA) is 74.2 Å². The summed E-state index contributed by atoms with van der Waals surface area (Å²) in [7, 11) is 0. The number of aromatic nitrogens is 2. The molecular formula is C14H19N3O2. The van der Waals surface area contributed by atoms with Crippen LogP contribution in [0.25, 0.3) is 0 Å². The van der Waals surface area contributed by atoms with E-state index in [4.69, 9.17) is 15.0 Å². The maximum Gasteiger partial charge on any atom is 0.231 e. The van der Waals surface area contributed by atoms with E-state index >= 15 is 0 Å². The van der Waals surface area contributed by atoms with Crippen molar-refractivity contribution in [2.45, 2.75) is 26.3 Å². The van der Waals surface area contributed by atoms with Crippen LogP contribution < -0.4 is 5.73 Å². The van der Waals surface area contributed by atoms with Gasteiger partial charge in [-0.05, 0) is 25.0 Å². The standard InChI is InChI=1S/C14H19N3O2/c1-3-18-9-12(15)14-16-13(19-17-14)8-11-7-5-4-6-10(11)2/h4-7,12H,3,8-9,15H2,1-2H3. The molecule has 0 radical (unpaired) electrons. The zero-order valence-corrected chi connectivity index (χ0v) is 11.3. The highest BCUT2D eigenvalue weighted by Crippen LogP contribution is 2.14. The largest absolute Gasteiger partial charge is 0.380 e. The van der Waals surface area contributed by atoms with Gasteiger partial charge in [-0.3, -0.25) is 0 Å². The third kappa shape index (κ3) is 3.62. The summed E-state index contributed by atoms with van der Waals surface area (Å²) >= 11 is 0. The molecular weight excluding hydrogens is 242 g/mol. The Balaban J connectivity index is 2.03. The highest BCUT2D eigenvalue weighted by Gasteiger charge is 2.14. The van der Waals surface area contributed by atoms with Crippen molar-refractivity contribution in [3.8, 4) is 0 Å². The second-order valence-electron chi connectivity index (χ2n) is 4.42. The molecule has 5 heteroatoms. The number of hydrogen-bond donors (Lipinski definition) is 1. The van der Waals surface area contributed by atoms with Crippen LogP contribution in [0.1, 0.15) is 35.8 Å². The van der Waals surface area contributed by atoms with Crippen LogP contribution >= 0.6 is 0 Å². The molecule has 1 aromatic carbocycles. The number of rotatable bonds is 6. The number of nitrogens with two attached hydrogens (primary N) is 1. The third-order valence-electron chi connectivity index (χ3n) is 2.92. The number of benzene rings is 1. The summed E-state index contributed by atoms with van der Waals surface area (Å²) in [6.07, 6.45) is 0.626. The van der Waals surface area contributed by atoms with Crippen molar-refractivity contribution in [2.75, 3.05) is 13.2 Å². The molecule has 0 saturated carbocycles. The molecule has 102 valence electrons. The van der Waals surface area contributed by atoms with Crippen molar-refractivity contribution < 1.29 is 9.26 Å². The van der Waals surface area contributed by atoms with Crippen LogP contribution in [-0.4, -0.2) is 23.4 Å². The average molecular weight is 261 g/mol. The van der Waals surface area contributed by atoms with Crippen molar-refractivity contribution in [3.05, 3.63) is 47.1 Å². The van der Waals surface area contributed by atoms with Gasteiger partial charge in [0.2, 0.25) is 5.89 Å². The smallest absolute Gasteiger partial charge is 0.231 e. The van der Waals surface area contributed by atoms with Crippen molar-refractivity contribution in [3.63, 3.8) is 0 Å². The Labute approximate surface area is 112 Å². The maximum absolute atomic E-state index is 5.91. The highest BCUT2D eigenvalue weighted by molar-refractivity contribution is 5.27. The van der Waals surface area contributed by atoms with Crippen molar-refractivity contribution >= 4 is 0 Å². The van der Waals surface area contributed by atoms with E-state index in [9.17, 15) is 0 Å². The summed E-state index contributed by atoms with van der Waals surface area (Å²) in [6.45, 7) is 5.02. The molecule has 2 N–H and O–H groups in total. The number of hydrogen-bond acceptors (Lipinski definition) is 5. The first kappa shape index (κ1) is 13.7. The van der Waals surface area contributed by atoms with Crippen molar-refractivity contribution in [2.24, 2.45) is 5.73 Å². The van der Waals surface area contributed by atoms with Gasteiger partial charge in [0, 0.05) is 6.61 Å². The maximum atomic E-state index is 5.91. The summed E-state index contributed by atoms with van der Waals surface area (Å²) in [5.41, 5.74) is 8.29. The molecule has 19 heavy (non-hydrogen) atoms. The van der Waals surface area contributed by atoms with Gasteiger partial charge in [0.1, 0.15) is 0 Å². The number of ether oxygens (including phenoxy) is 1. The molecule has 0 aliphatic rings.